The third-order valence-corrected chi connectivity index (χ3v) is 6.85. The average molecular weight is 444 g/mol. The maximum Gasteiger partial charge on any atom is 0.0458 e. The molecule has 0 fully saturated rings. The Kier molecular flexibility index (Phi) is 11.4. The third-order valence-electron chi connectivity index (χ3n) is 6.85. The topological polar surface area (TPSA) is 12.0 Å². The number of benzene rings is 3. The molecule has 178 valence electrons. The predicted molar refractivity (Wildman–Crippen MR) is 148 cm³/mol. The van der Waals surface area contributed by atoms with E-state index in [-0.39, 0.29) is 0 Å². The second-order valence-corrected chi connectivity index (χ2v) is 9.58. The van der Waals surface area contributed by atoms with Crippen LogP contribution in [-0.2, 0) is 6.42 Å². The summed E-state index contributed by atoms with van der Waals surface area (Å²) in [6.45, 7) is 5.65. The number of nitrogens with one attached hydrogen (secondary N) is 1. The average Bonchev–Trinajstić information content (AvgIpc) is 2.86. The molecule has 0 spiro atoms. The summed E-state index contributed by atoms with van der Waals surface area (Å²) < 4.78 is 0. The first-order chi connectivity index (χ1) is 16.3. The molecule has 0 aliphatic carbocycles. The van der Waals surface area contributed by atoms with Gasteiger partial charge < -0.3 is 5.32 Å². The number of rotatable bonds is 16. The van der Waals surface area contributed by atoms with Gasteiger partial charge in [-0.1, -0.05) is 133 Å². The Morgan fingerprint density at radius 2 is 1.21 bits per heavy atom. The summed E-state index contributed by atoms with van der Waals surface area (Å²) in [5, 5.41) is 6.64. The van der Waals surface area contributed by atoms with Gasteiger partial charge in [0.25, 0.3) is 0 Å². The molecule has 0 aliphatic heterocycles. The predicted octanol–water partition coefficient (Wildman–Crippen LogP) is 10.2. The normalized spacial score (nSPS) is 11.2. The Balaban J connectivity index is 1.83. The lowest BCUT2D eigenvalue weighted by atomic mass is 9.90. The van der Waals surface area contributed by atoms with Gasteiger partial charge in [-0.3, -0.25) is 0 Å². The molecule has 1 heteroatoms. The fourth-order valence-electron chi connectivity index (χ4n) is 4.93. The van der Waals surface area contributed by atoms with Crippen molar-refractivity contribution < 1.29 is 0 Å². The number of unbranched alkanes of at least 4 members (excludes halogenated alkanes) is 10. The Bertz CT molecular complexity index is 928. The van der Waals surface area contributed by atoms with Gasteiger partial charge in [0.05, 0.1) is 0 Å². The van der Waals surface area contributed by atoms with E-state index in [9.17, 15) is 0 Å². The number of fused-ring (bicyclic) bond motifs is 1. The van der Waals surface area contributed by atoms with E-state index >= 15 is 0 Å². The highest BCUT2D eigenvalue weighted by Gasteiger charge is 2.14. The van der Waals surface area contributed by atoms with Gasteiger partial charge in [-0.05, 0) is 47.4 Å². The maximum atomic E-state index is 3.92. The van der Waals surface area contributed by atoms with E-state index in [4.69, 9.17) is 0 Å². The molecule has 0 bridgehead atoms. The minimum atomic E-state index is 1.07. The Morgan fingerprint density at radius 3 is 1.94 bits per heavy atom. The Labute approximate surface area is 203 Å². The van der Waals surface area contributed by atoms with Gasteiger partial charge in [0.1, 0.15) is 0 Å². The molecule has 0 aliphatic rings. The summed E-state index contributed by atoms with van der Waals surface area (Å²) in [4.78, 5) is 0. The minimum absolute atomic E-state index is 1.07. The van der Waals surface area contributed by atoms with Gasteiger partial charge in [0.15, 0.2) is 0 Å². The molecule has 1 nitrogen and oxygen atoms in total. The monoisotopic (exact) mass is 443 g/mol. The zero-order valence-corrected chi connectivity index (χ0v) is 21.2. The first-order valence-corrected chi connectivity index (χ1v) is 13.7. The van der Waals surface area contributed by atoms with Crippen LogP contribution in [-0.4, -0.2) is 6.54 Å². The molecule has 3 aromatic carbocycles. The summed E-state index contributed by atoms with van der Waals surface area (Å²) >= 11 is 0. The first-order valence-electron chi connectivity index (χ1n) is 13.7. The smallest absolute Gasteiger partial charge is 0.0458 e. The summed E-state index contributed by atoms with van der Waals surface area (Å²) in [6, 6.07) is 22.4. The minimum Gasteiger partial charge on any atom is -0.384 e. The standard InChI is InChI=1S/C32H45N/c1-3-5-7-9-11-16-24-30-31(27-20-14-13-15-21-27)26-28-22-17-18-23-29(28)32(30)33-25-19-12-10-8-6-4-2/h13-15,17-18,20-23,26,33H,3-12,16,19,24-25H2,1-2H3. The largest absolute Gasteiger partial charge is 0.384 e. The van der Waals surface area contributed by atoms with Crippen molar-refractivity contribution in [3.8, 4) is 11.1 Å². The molecule has 0 radical (unpaired) electrons. The highest BCUT2D eigenvalue weighted by molar-refractivity contribution is 6.00. The molecule has 0 saturated heterocycles. The van der Waals surface area contributed by atoms with Crippen LogP contribution in [0.1, 0.15) is 96.5 Å². The summed E-state index contributed by atoms with van der Waals surface area (Å²) in [6.07, 6.45) is 17.2. The van der Waals surface area contributed by atoms with E-state index in [1.807, 2.05) is 0 Å². The SMILES string of the molecule is CCCCCCCCNc1c(CCCCCCCC)c(-c2ccccc2)cc2ccccc12. The molecule has 0 amide bonds. The molecule has 0 unspecified atom stereocenters. The van der Waals surface area contributed by atoms with Crippen molar-refractivity contribution in [3.63, 3.8) is 0 Å². The van der Waals surface area contributed by atoms with Crippen molar-refractivity contribution in [2.75, 3.05) is 11.9 Å². The van der Waals surface area contributed by atoms with Crippen molar-refractivity contribution in [2.24, 2.45) is 0 Å². The van der Waals surface area contributed by atoms with Crippen LogP contribution in [0, 0.1) is 0 Å². The molecule has 3 rings (SSSR count). The van der Waals surface area contributed by atoms with E-state index < -0.39 is 0 Å². The number of hydrogen-bond donors (Lipinski definition) is 1. The summed E-state index contributed by atoms with van der Waals surface area (Å²) in [7, 11) is 0. The van der Waals surface area contributed by atoms with Crippen LogP contribution in [0.2, 0.25) is 0 Å². The van der Waals surface area contributed by atoms with Crippen LogP contribution in [0.25, 0.3) is 21.9 Å². The van der Waals surface area contributed by atoms with Gasteiger partial charge in [0.2, 0.25) is 0 Å². The van der Waals surface area contributed by atoms with Crippen molar-refractivity contribution in [2.45, 2.75) is 97.3 Å². The van der Waals surface area contributed by atoms with E-state index in [2.05, 4.69) is 79.8 Å². The Morgan fingerprint density at radius 1 is 0.606 bits per heavy atom. The van der Waals surface area contributed by atoms with E-state index in [0.29, 0.717) is 0 Å². The first kappa shape index (κ1) is 25.3. The van der Waals surface area contributed by atoms with Crippen molar-refractivity contribution in [1.82, 2.24) is 0 Å². The van der Waals surface area contributed by atoms with Gasteiger partial charge in [-0.2, -0.15) is 0 Å². The number of anilines is 1. The van der Waals surface area contributed by atoms with Crippen molar-refractivity contribution in [3.05, 3.63) is 66.2 Å². The fourth-order valence-corrected chi connectivity index (χ4v) is 4.93. The highest BCUT2D eigenvalue weighted by Crippen LogP contribution is 2.37. The zero-order valence-electron chi connectivity index (χ0n) is 21.2. The molecular weight excluding hydrogens is 398 g/mol. The molecule has 1 N–H and O–H groups in total. The van der Waals surface area contributed by atoms with Gasteiger partial charge in [-0.25, -0.2) is 0 Å². The summed E-state index contributed by atoms with van der Waals surface area (Å²) in [5.41, 5.74) is 5.65. The fraction of sp³-hybridized carbons (Fsp3) is 0.500. The Hall–Kier alpha value is -2.28. The molecule has 3 aromatic rings. The van der Waals surface area contributed by atoms with E-state index in [1.54, 1.807) is 0 Å². The van der Waals surface area contributed by atoms with Crippen molar-refractivity contribution in [1.29, 1.82) is 0 Å². The quantitative estimate of drug-likeness (QED) is 0.217. The highest BCUT2D eigenvalue weighted by atomic mass is 14.9. The van der Waals surface area contributed by atoms with Crippen LogP contribution in [0.3, 0.4) is 0 Å². The third kappa shape index (κ3) is 7.91. The van der Waals surface area contributed by atoms with Crippen LogP contribution in [0.5, 0.6) is 0 Å². The van der Waals surface area contributed by atoms with Gasteiger partial charge >= 0.3 is 0 Å². The van der Waals surface area contributed by atoms with Crippen LogP contribution in [0.15, 0.2) is 60.7 Å². The zero-order chi connectivity index (χ0) is 23.1. The molecule has 0 saturated carbocycles. The lowest BCUT2D eigenvalue weighted by Gasteiger charge is -2.20. The molecule has 0 heterocycles. The van der Waals surface area contributed by atoms with Crippen molar-refractivity contribution >= 4 is 16.5 Å². The van der Waals surface area contributed by atoms with Crippen LogP contribution in [0.4, 0.5) is 5.69 Å². The second kappa shape index (κ2) is 14.8. The number of hydrogen-bond acceptors (Lipinski definition) is 1. The van der Waals surface area contributed by atoms with Gasteiger partial charge in [0, 0.05) is 17.6 Å². The molecular formula is C32H45N. The van der Waals surface area contributed by atoms with E-state index in [1.165, 1.54) is 110 Å². The van der Waals surface area contributed by atoms with Crippen LogP contribution < -0.4 is 5.32 Å². The maximum absolute atomic E-state index is 3.92. The molecule has 33 heavy (non-hydrogen) atoms. The lowest BCUT2D eigenvalue weighted by molar-refractivity contribution is 0.607. The van der Waals surface area contributed by atoms with Crippen LogP contribution >= 0.6 is 0 Å². The van der Waals surface area contributed by atoms with E-state index in [0.717, 1.165) is 13.0 Å². The van der Waals surface area contributed by atoms with Gasteiger partial charge in [-0.15, -0.1) is 0 Å². The lowest BCUT2D eigenvalue weighted by Crippen LogP contribution is -2.07. The second-order valence-electron chi connectivity index (χ2n) is 9.58. The molecule has 0 atom stereocenters. The molecule has 0 aromatic heterocycles. The summed E-state index contributed by atoms with van der Waals surface area (Å²) in [5.74, 6) is 0.